The molecule has 0 radical (unpaired) electrons. The van der Waals surface area contributed by atoms with Gasteiger partial charge in [-0.05, 0) is 61.5 Å². The first kappa shape index (κ1) is 21.1. The van der Waals surface area contributed by atoms with Gasteiger partial charge in [-0.1, -0.05) is 27.7 Å². The summed E-state index contributed by atoms with van der Waals surface area (Å²) in [6.45, 7) is 12.5. The number of nitrogens with zero attached hydrogens (tertiary/aromatic N) is 3. The van der Waals surface area contributed by atoms with E-state index in [0.717, 1.165) is 43.4 Å². The van der Waals surface area contributed by atoms with Gasteiger partial charge in [0.05, 0.1) is 10.4 Å². The quantitative estimate of drug-likeness (QED) is 0.717. The van der Waals surface area contributed by atoms with Gasteiger partial charge in [-0.2, -0.15) is 4.31 Å². The molecule has 2 heterocycles. The molecule has 0 bridgehead atoms. The number of nitrogens with two attached hydrogens (primary N) is 1. The Hall–Kier alpha value is -1.57. The zero-order valence-corrected chi connectivity index (χ0v) is 18.4. The summed E-state index contributed by atoms with van der Waals surface area (Å²) in [6, 6.07) is 5.33. The molecule has 6 nitrogen and oxygen atoms in total. The van der Waals surface area contributed by atoms with E-state index in [4.69, 9.17) is 5.84 Å². The van der Waals surface area contributed by atoms with E-state index in [1.54, 1.807) is 10.7 Å². The number of rotatable bonds is 7. The Morgan fingerprint density at radius 2 is 1.82 bits per heavy atom. The molecular formula is C21H34N4O2S. The number of benzene rings is 1. The summed E-state index contributed by atoms with van der Waals surface area (Å²) < 4.78 is 29.1. The van der Waals surface area contributed by atoms with Crippen LogP contribution >= 0.6 is 0 Å². The van der Waals surface area contributed by atoms with Gasteiger partial charge in [-0.25, -0.2) is 8.42 Å². The van der Waals surface area contributed by atoms with Crippen LogP contribution in [0.3, 0.4) is 0 Å². The molecule has 1 aromatic carbocycles. The first-order valence-corrected chi connectivity index (χ1v) is 11.8. The van der Waals surface area contributed by atoms with Crippen molar-refractivity contribution in [3.05, 3.63) is 30.0 Å². The van der Waals surface area contributed by atoms with Crippen LogP contribution < -0.4 is 5.84 Å². The second-order valence-corrected chi connectivity index (χ2v) is 10.2. The monoisotopic (exact) mass is 406 g/mol. The van der Waals surface area contributed by atoms with Crippen LogP contribution in [0.2, 0.25) is 0 Å². The number of fused-ring (bicyclic) bond motifs is 1. The smallest absolute Gasteiger partial charge is 0.243 e. The van der Waals surface area contributed by atoms with Crippen molar-refractivity contribution in [2.24, 2.45) is 5.92 Å². The van der Waals surface area contributed by atoms with Crippen molar-refractivity contribution < 1.29 is 8.42 Å². The summed E-state index contributed by atoms with van der Waals surface area (Å²) in [6.07, 6.45) is 4.15. The lowest BCUT2D eigenvalue weighted by atomic mass is 9.89. The van der Waals surface area contributed by atoms with E-state index in [1.165, 1.54) is 9.87 Å². The fourth-order valence-corrected chi connectivity index (χ4v) is 5.89. The number of aromatic nitrogens is 1. The Morgan fingerprint density at radius 1 is 1.18 bits per heavy atom. The Balaban J connectivity index is 1.92. The molecule has 1 fully saturated rings. The predicted octanol–water partition coefficient (Wildman–Crippen LogP) is 3.22. The van der Waals surface area contributed by atoms with Gasteiger partial charge in [-0.15, -0.1) is 0 Å². The first-order valence-electron chi connectivity index (χ1n) is 10.4. The highest BCUT2D eigenvalue weighted by molar-refractivity contribution is 7.89. The Bertz CT molecular complexity index is 908. The van der Waals surface area contributed by atoms with Crippen molar-refractivity contribution in [3.63, 3.8) is 0 Å². The molecule has 1 aliphatic rings. The standard InChI is InChI=1S/C21H34N4O2S/c1-5-24(6-2)28(26,27)18-7-8-21-19(13-18)20(15-25(21)22)17-9-11-23(12-10-17)14-16(3)4/h7-8,13,15-17H,5-6,9-12,14,22H2,1-4H3. The van der Waals surface area contributed by atoms with Crippen molar-refractivity contribution >= 4 is 20.9 Å². The molecule has 0 amide bonds. The molecule has 1 saturated heterocycles. The fraction of sp³-hybridized carbons (Fsp3) is 0.619. The molecule has 2 aromatic rings. The second-order valence-electron chi connectivity index (χ2n) is 8.23. The first-order chi connectivity index (χ1) is 13.3. The maximum Gasteiger partial charge on any atom is 0.243 e. The normalized spacial score (nSPS) is 17.2. The van der Waals surface area contributed by atoms with Crippen LogP contribution in [0.1, 0.15) is 52.0 Å². The minimum absolute atomic E-state index is 0.355. The average molecular weight is 407 g/mol. The van der Waals surface area contributed by atoms with Gasteiger partial charge in [0.15, 0.2) is 0 Å². The maximum absolute atomic E-state index is 13.0. The van der Waals surface area contributed by atoms with Crippen molar-refractivity contribution in [1.82, 2.24) is 13.9 Å². The summed E-state index contributed by atoms with van der Waals surface area (Å²) in [5, 5.41) is 0.970. The van der Waals surface area contributed by atoms with Gasteiger partial charge in [0.1, 0.15) is 0 Å². The molecule has 2 N–H and O–H groups in total. The number of hydrogen-bond acceptors (Lipinski definition) is 4. The summed E-state index contributed by atoms with van der Waals surface area (Å²) in [7, 11) is -3.48. The molecule has 1 aromatic heterocycles. The summed E-state index contributed by atoms with van der Waals surface area (Å²) in [4.78, 5) is 2.88. The van der Waals surface area contributed by atoms with E-state index in [2.05, 4.69) is 18.7 Å². The SMILES string of the molecule is CCN(CC)S(=O)(=O)c1ccc2c(c1)c(C1CCN(CC(C)C)CC1)cn2N. The Kier molecular flexibility index (Phi) is 6.37. The lowest BCUT2D eigenvalue weighted by Gasteiger charge is -2.33. The molecule has 1 aliphatic heterocycles. The van der Waals surface area contributed by atoms with Crippen LogP contribution in [0, 0.1) is 5.92 Å². The number of hydrogen-bond donors (Lipinski definition) is 1. The zero-order chi connectivity index (χ0) is 20.5. The third kappa shape index (κ3) is 4.07. The molecule has 3 rings (SSSR count). The lowest BCUT2D eigenvalue weighted by Crippen LogP contribution is -2.35. The molecule has 0 saturated carbocycles. The van der Waals surface area contributed by atoms with Crippen LogP contribution in [0.4, 0.5) is 0 Å². The van der Waals surface area contributed by atoms with E-state index in [1.807, 2.05) is 32.2 Å². The number of nitrogen functional groups attached to an aromatic ring is 1. The van der Waals surface area contributed by atoms with Crippen LogP contribution in [-0.2, 0) is 10.0 Å². The highest BCUT2D eigenvalue weighted by atomic mass is 32.2. The second kappa shape index (κ2) is 8.43. The van der Waals surface area contributed by atoms with Crippen LogP contribution in [0.15, 0.2) is 29.3 Å². The molecular weight excluding hydrogens is 372 g/mol. The van der Waals surface area contributed by atoms with E-state index in [9.17, 15) is 8.42 Å². The van der Waals surface area contributed by atoms with Crippen LogP contribution in [-0.4, -0.2) is 55.0 Å². The third-order valence-electron chi connectivity index (χ3n) is 5.83. The molecule has 28 heavy (non-hydrogen) atoms. The summed E-state index contributed by atoms with van der Waals surface area (Å²) >= 11 is 0. The van der Waals surface area contributed by atoms with Gasteiger partial charge in [0.2, 0.25) is 10.0 Å². The number of piperidine rings is 1. The molecule has 0 aliphatic carbocycles. The van der Waals surface area contributed by atoms with Gasteiger partial charge < -0.3 is 10.7 Å². The Labute approximate surface area is 169 Å². The number of sulfonamides is 1. The fourth-order valence-electron chi connectivity index (χ4n) is 4.40. The molecule has 0 unspecified atom stereocenters. The van der Waals surface area contributed by atoms with E-state index in [-0.39, 0.29) is 0 Å². The van der Waals surface area contributed by atoms with E-state index >= 15 is 0 Å². The van der Waals surface area contributed by atoms with Crippen molar-refractivity contribution in [1.29, 1.82) is 0 Å². The predicted molar refractivity (Wildman–Crippen MR) is 115 cm³/mol. The Morgan fingerprint density at radius 3 is 2.39 bits per heavy atom. The molecule has 0 spiro atoms. The van der Waals surface area contributed by atoms with Gasteiger partial charge in [-0.3, -0.25) is 4.68 Å². The minimum Gasteiger partial charge on any atom is -0.339 e. The lowest BCUT2D eigenvalue weighted by molar-refractivity contribution is 0.192. The van der Waals surface area contributed by atoms with Crippen molar-refractivity contribution in [2.45, 2.75) is 51.3 Å². The average Bonchev–Trinajstić information content (AvgIpc) is 2.99. The highest BCUT2D eigenvalue weighted by Crippen LogP contribution is 2.35. The third-order valence-corrected chi connectivity index (χ3v) is 7.88. The highest BCUT2D eigenvalue weighted by Gasteiger charge is 2.26. The van der Waals surface area contributed by atoms with E-state index in [0.29, 0.717) is 29.8 Å². The van der Waals surface area contributed by atoms with Gasteiger partial charge >= 0.3 is 0 Å². The molecule has 0 atom stereocenters. The van der Waals surface area contributed by atoms with Crippen LogP contribution in [0.25, 0.3) is 10.9 Å². The largest absolute Gasteiger partial charge is 0.339 e. The minimum atomic E-state index is -3.48. The van der Waals surface area contributed by atoms with Crippen LogP contribution in [0.5, 0.6) is 0 Å². The number of likely N-dealkylation sites (tertiary alicyclic amines) is 1. The molecule has 7 heteroatoms. The zero-order valence-electron chi connectivity index (χ0n) is 17.6. The van der Waals surface area contributed by atoms with Crippen molar-refractivity contribution in [3.8, 4) is 0 Å². The summed E-state index contributed by atoms with van der Waals surface area (Å²) in [5.41, 5.74) is 2.07. The van der Waals surface area contributed by atoms with Gasteiger partial charge in [0.25, 0.3) is 0 Å². The maximum atomic E-state index is 13.0. The van der Waals surface area contributed by atoms with Gasteiger partial charge in [0, 0.05) is 31.2 Å². The van der Waals surface area contributed by atoms with Crippen molar-refractivity contribution in [2.75, 3.05) is 38.6 Å². The molecule has 156 valence electrons. The van der Waals surface area contributed by atoms with E-state index < -0.39 is 10.0 Å². The topological polar surface area (TPSA) is 71.6 Å². The summed E-state index contributed by atoms with van der Waals surface area (Å²) in [5.74, 6) is 7.29.